The molecule has 1 aliphatic rings. The van der Waals surface area contributed by atoms with Crippen molar-refractivity contribution >= 4 is 21.8 Å². The largest absolute Gasteiger partial charge is 0.352 e. The molecule has 1 saturated carbocycles. The Bertz CT molecular complexity index is 453. The maximum Gasteiger partial charge on any atom is 0.224 e. The molecule has 1 amide bonds. The van der Waals surface area contributed by atoms with Crippen LogP contribution in [-0.4, -0.2) is 16.8 Å². The number of hydrogen-bond acceptors (Lipinski definition) is 1. The van der Waals surface area contributed by atoms with Crippen LogP contribution >= 0.6 is 15.9 Å². The van der Waals surface area contributed by atoms with Gasteiger partial charge in [-0.05, 0) is 18.9 Å². The van der Waals surface area contributed by atoms with Crippen molar-refractivity contribution < 1.29 is 13.6 Å². The van der Waals surface area contributed by atoms with Crippen molar-refractivity contribution in [1.29, 1.82) is 0 Å². The molecule has 2 nitrogen and oxygen atoms in total. The maximum atomic E-state index is 13.4. The minimum absolute atomic E-state index is 0.0918. The van der Waals surface area contributed by atoms with E-state index >= 15 is 0 Å². The van der Waals surface area contributed by atoms with Crippen LogP contribution in [0.1, 0.15) is 24.8 Å². The number of benzene rings is 1. The van der Waals surface area contributed by atoms with E-state index in [1.807, 2.05) is 0 Å². The van der Waals surface area contributed by atoms with Crippen LogP contribution in [0.5, 0.6) is 0 Å². The van der Waals surface area contributed by atoms with Crippen molar-refractivity contribution in [2.24, 2.45) is 0 Å². The molecule has 2 unspecified atom stereocenters. The van der Waals surface area contributed by atoms with E-state index in [0.29, 0.717) is 0 Å². The van der Waals surface area contributed by atoms with Crippen molar-refractivity contribution in [3.8, 4) is 0 Å². The Kier molecular flexibility index (Phi) is 4.32. The first-order chi connectivity index (χ1) is 8.58. The predicted molar refractivity (Wildman–Crippen MR) is 68.6 cm³/mol. The minimum Gasteiger partial charge on any atom is -0.352 e. The highest BCUT2D eigenvalue weighted by Crippen LogP contribution is 2.25. The molecule has 0 heterocycles. The van der Waals surface area contributed by atoms with Crippen LogP contribution < -0.4 is 5.32 Å². The Morgan fingerprint density at radius 3 is 2.83 bits per heavy atom. The third-order valence-electron chi connectivity index (χ3n) is 3.16. The number of hydrogen-bond donors (Lipinski definition) is 1. The van der Waals surface area contributed by atoms with Gasteiger partial charge in [0, 0.05) is 16.4 Å². The molecule has 5 heteroatoms. The average molecular weight is 318 g/mol. The topological polar surface area (TPSA) is 29.1 Å². The normalized spacial score (nSPS) is 23.1. The van der Waals surface area contributed by atoms with Gasteiger partial charge in [-0.1, -0.05) is 34.5 Å². The van der Waals surface area contributed by atoms with E-state index in [1.54, 1.807) is 0 Å². The summed E-state index contributed by atoms with van der Waals surface area (Å²) in [4.78, 5) is 12.0. The van der Waals surface area contributed by atoms with Crippen molar-refractivity contribution in [3.63, 3.8) is 0 Å². The molecule has 1 aromatic rings. The summed E-state index contributed by atoms with van der Waals surface area (Å²) in [6, 6.07) is 3.97. The lowest BCUT2D eigenvalue weighted by Gasteiger charge is -2.16. The first kappa shape index (κ1) is 13.5. The first-order valence-electron chi connectivity index (χ1n) is 5.94. The highest BCUT2D eigenvalue weighted by atomic mass is 79.9. The second-order valence-electron chi connectivity index (χ2n) is 4.51. The van der Waals surface area contributed by atoms with Gasteiger partial charge < -0.3 is 5.32 Å². The molecule has 0 spiro atoms. The average Bonchev–Trinajstić information content (AvgIpc) is 2.71. The van der Waals surface area contributed by atoms with E-state index in [0.717, 1.165) is 25.3 Å². The first-order valence-corrected chi connectivity index (χ1v) is 6.86. The molecular formula is C13H14BrF2NO. The van der Waals surface area contributed by atoms with Gasteiger partial charge in [0.2, 0.25) is 5.91 Å². The van der Waals surface area contributed by atoms with Crippen LogP contribution in [0.4, 0.5) is 8.78 Å². The van der Waals surface area contributed by atoms with Gasteiger partial charge in [0.15, 0.2) is 11.6 Å². The van der Waals surface area contributed by atoms with Crippen molar-refractivity contribution in [2.45, 2.75) is 36.6 Å². The molecule has 98 valence electrons. The molecule has 0 bridgehead atoms. The van der Waals surface area contributed by atoms with E-state index in [9.17, 15) is 13.6 Å². The summed E-state index contributed by atoms with van der Waals surface area (Å²) in [6.45, 7) is 0. The van der Waals surface area contributed by atoms with Crippen LogP contribution in [0, 0.1) is 11.6 Å². The fourth-order valence-electron chi connectivity index (χ4n) is 2.19. The number of amides is 1. The van der Waals surface area contributed by atoms with Crippen LogP contribution in [0.15, 0.2) is 18.2 Å². The quantitative estimate of drug-likeness (QED) is 0.853. The number of rotatable bonds is 3. The van der Waals surface area contributed by atoms with Gasteiger partial charge in [-0.25, -0.2) is 8.78 Å². The van der Waals surface area contributed by atoms with E-state index < -0.39 is 11.6 Å². The Labute approximate surface area is 113 Å². The molecule has 0 radical (unpaired) electrons. The molecule has 1 aliphatic carbocycles. The van der Waals surface area contributed by atoms with Gasteiger partial charge in [-0.2, -0.15) is 0 Å². The summed E-state index contributed by atoms with van der Waals surface area (Å²) in [5.74, 6) is -2.12. The van der Waals surface area contributed by atoms with Crippen molar-refractivity contribution in [1.82, 2.24) is 5.32 Å². The molecule has 0 aliphatic heterocycles. The van der Waals surface area contributed by atoms with Crippen LogP contribution in [-0.2, 0) is 11.2 Å². The SMILES string of the molecule is O=C(Cc1cccc(F)c1F)NC1CCCC1Br. The van der Waals surface area contributed by atoms with E-state index in [2.05, 4.69) is 21.2 Å². The lowest BCUT2D eigenvalue weighted by atomic mass is 10.1. The third kappa shape index (κ3) is 3.07. The van der Waals surface area contributed by atoms with E-state index in [-0.39, 0.29) is 28.8 Å². The third-order valence-corrected chi connectivity index (χ3v) is 4.26. The van der Waals surface area contributed by atoms with Crippen LogP contribution in [0.2, 0.25) is 0 Å². The fraction of sp³-hybridized carbons (Fsp3) is 0.462. The number of nitrogens with one attached hydrogen (secondary N) is 1. The summed E-state index contributed by atoms with van der Waals surface area (Å²) in [6.07, 6.45) is 2.89. The Morgan fingerprint density at radius 2 is 2.17 bits per heavy atom. The molecule has 2 atom stereocenters. The zero-order valence-electron chi connectivity index (χ0n) is 9.76. The molecular weight excluding hydrogens is 304 g/mol. The molecule has 18 heavy (non-hydrogen) atoms. The number of halogens is 3. The van der Waals surface area contributed by atoms with Gasteiger partial charge in [0.1, 0.15) is 0 Å². The summed E-state index contributed by atoms with van der Waals surface area (Å²) < 4.78 is 26.4. The Morgan fingerprint density at radius 1 is 1.39 bits per heavy atom. The molecule has 1 aromatic carbocycles. The number of alkyl halides is 1. The summed E-state index contributed by atoms with van der Waals surface area (Å²) >= 11 is 3.50. The Balaban J connectivity index is 1.97. The fourth-order valence-corrected chi connectivity index (χ4v) is 2.91. The van der Waals surface area contributed by atoms with E-state index in [1.165, 1.54) is 12.1 Å². The highest BCUT2D eigenvalue weighted by Gasteiger charge is 2.26. The lowest BCUT2D eigenvalue weighted by molar-refractivity contribution is -0.121. The maximum absolute atomic E-state index is 13.4. The van der Waals surface area contributed by atoms with Crippen molar-refractivity contribution in [3.05, 3.63) is 35.4 Å². The summed E-state index contributed by atoms with van der Waals surface area (Å²) in [5, 5.41) is 2.85. The number of carbonyl (C=O) groups excluding carboxylic acids is 1. The van der Waals surface area contributed by atoms with Gasteiger partial charge in [-0.15, -0.1) is 0 Å². The minimum atomic E-state index is -0.936. The van der Waals surface area contributed by atoms with E-state index in [4.69, 9.17) is 0 Å². The smallest absolute Gasteiger partial charge is 0.224 e. The second-order valence-corrected chi connectivity index (χ2v) is 5.69. The highest BCUT2D eigenvalue weighted by molar-refractivity contribution is 9.09. The Hall–Kier alpha value is -0.970. The zero-order valence-corrected chi connectivity index (χ0v) is 11.3. The van der Waals surface area contributed by atoms with Crippen LogP contribution in [0.3, 0.4) is 0 Å². The van der Waals surface area contributed by atoms with Crippen LogP contribution in [0.25, 0.3) is 0 Å². The monoisotopic (exact) mass is 317 g/mol. The molecule has 2 rings (SSSR count). The molecule has 1 fully saturated rings. The van der Waals surface area contributed by atoms with Gasteiger partial charge in [-0.3, -0.25) is 4.79 Å². The molecule has 1 N–H and O–H groups in total. The van der Waals surface area contributed by atoms with Gasteiger partial charge in [0.05, 0.1) is 6.42 Å². The number of carbonyl (C=O) groups is 1. The van der Waals surface area contributed by atoms with Gasteiger partial charge in [0.25, 0.3) is 0 Å². The molecule has 0 aromatic heterocycles. The van der Waals surface area contributed by atoms with Gasteiger partial charge >= 0.3 is 0 Å². The lowest BCUT2D eigenvalue weighted by Crippen LogP contribution is -2.38. The summed E-state index contributed by atoms with van der Waals surface area (Å²) in [5.41, 5.74) is 0.0941. The molecule has 0 saturated heterocycles. The van der Waals surface area contributed by atoms with Crippen molar-refractivity contribution in [2.75, 3.05) is 0 Å². The second kappa shape index (κ2) is 5.78. The standard InChI is InChI=1S/C13H14BrF2NO/c14-9-4-2-6-11(9)17-12(18)7-8-3-1-5-10(15)13(8)16/h1,3,5,9,11H,2,4,6-7H2,(H,17,18). The summed E-state index contributed by atoms with van der Waals surface area (Å²) in [7, 11) is 0. The predicted octanol–water partition coefficient (Wildman–Crippen LogP) is 2.94. The zero-order chi connectivity index (χ0) is 13.1.